The van der Waals surface area contributed by atoms with Crippen LogP contribution < -0.4 is 9.47 Å². The number of halogens is 2. The van der Waals surface area contributed by atoms with E-state index in [2.05, 4.69) is 21.4 Å². The molecular formula is C16H21F2NO2. The van der Waals surface area contributed by atoms with Crippen molar-refractivity contribution in [3.63, 3.8) is 0 Å². The zero-order valence-electron chi connectivity index (χ0n) is 12.2. The van der Waals surface area contributed by atoms with E-state index in [-0.39, 0.29) is 11.5 Å². The van der Waals surface area contributed by atoms with Crippen molar-refractivity contribution in [3.05, 3.63) is 24.3 Å². The standard InChI is InChI=1S/C9H17N.C7H4F2O2/c1-10-7-6-8-4-2-3-5-9(8)10;8-7(9)10-5-3-1-2-4-6(5)11-7/h8-9H,2-7H2,1H3;1-4H/t8?,9-;/m0./s1. The summed E-state index contributed by atoms with van der Waals surface area (Å²) in [6.07, 6.45) is 3.93. The van der Waals surface area contributed by atoms with Gasteiger partial charge in [0.25, 0.3) is 0 Å². The maximum Gasteiger partial charge on any atom is 0.586 e. The highest BCUT2D eigenvalue weighted by atomic mass is 19.3. The van der Waals surface area contributed by atoms with Crippen LogP contribution in [0.3, 0.4) is 0 Å². The number of ether oxygens (including phenoxy) is 2. The van der Waals surface area contributed by atoms with E-state index in [4.69, 9.17) is 0 Å². The molecule has 0 aromatic heterocycles. The van der Waals surface area contributed by atoms with Crippen LogP contribution in [0.1, 0.15) is 32.1 Å². The van der Waals surface area contributed by atoms with Crippen molar-refractivity contribution in [2.45, 2.75) is 44.4 Å². The van der Waals surface area contributed by atoms with Crippen LogP contribution in [-0.4, -0.2) is 30.8 Å². The van der Waals surface area contributed by atoms with Gasteiger partial charge in [-0.15, -0.1) is 8.78 Å². The highest BCUT2D eigenvalue weighted by Gasteiger charge is 2.43. The van der Waals surface area contributed by atoms with Gasteiger partial charge >= 0.3 is 6.29 Å². The minimum Gasteiger partial charge on any atom is -0.395 e. The van der Waals surface area contributed by atoms with Gasteiger partial charge in [0.2, 0.25) is 0 Å². The van der Waals surface area contributed by atoms with Crippen molar-refractivity contribution in [1.82, 2.24) is 4.90 Å². The summed E-state index contributed by atoms with van der Waals surface area (Å²) in [5, 5.41) is 0. The molecular weight excluding hydrogens is 276 g/mol. The van der Waals surface area contributed by atoms with Crippen LogP contribution in [0.15, 0.2) is 24.3 Å². The van der Waals surface area contributed by atoms with Crippen molar-refractivity contribution in [1.29, 1.82) is 0 Å². The Morgan fingerprint density at radius 1 is 1.05 bits per heavy atom. The molecule has 21 heavy (non-hydrogen) atoms. The molecule has 1 aromatic carbocycles. The Hall–Kier alpha value is -1.36. The summed E-state index contributed by atoms with van der Waals surface area (Å²) in [4.78, 5) is 2.56. The summed E-state index contributed by atoms with van der Waals surface area (Å²) in [7, 11) is 2.29. The second kappa shape index (κ2) is 5.79. The number of fused-ring (bicyclic) bond motifs is 2. The van der Waals surface area contributed by atoms with Crippen molar-refractivity contribution in [2.24, 2.45) is 5.92 Å². The van der Waals surface area contributed by atoms with Crippen molar-refractivity contribution in [2.75, 3.05) is 13.6 Å². The van der Waals surface area contributed by atoms with E-state index in [1.54, 1.807) is 12.1 Å². The molecule has 0 spiro atoms. The summed E-state index contributed by atoms with van der Waals surface area (Å²) in [5.74, 6) is 1.23. The van der Waals surface area contributed by atoms with Gasteiger partial charge in [0.05, 0.1) is 0 Å². The number of benzene rings is 1. The molecule has 2 atom stereocenters. The van der Waals surface area contributed by atoms with E-state index in [1.807, 2.05) is 0 Å². The Balaban J connectivity index is 0.000000126. The Kier molecular flexibility index (Phi) is 4.02. The summed E-state index contributed by atoms with van der Waals surface area (Å²) >= 11 is 0. The largest absolute Gasteiger partial charge is 0.586 e. The molecule has 0 bridgehead atoms. The fourth-order valence-electron chi connectivity index (χ4n) is 3.54. The van der Waals surface area contributed by atoms with Crippen molar-refractivity contribution in [3.8, 4) is 11.5 Å². The lowest BCUT2D eigenvalue weighted by molar-refractivity contribution is -0.286. The van der Waals surface area contributed by atoms with Gasteiger partial charge < -0.3 is 14.4 Å². The van der Waals surface area contributed by atoms with Crippen LogP contribution in [0.2, 0.25) is 0 Å². The fraction of sp³-hybridized carbons (Fsp3) is 0.625. The van der Waals surface area contributed by atoms with Gasteiger partial charge in [-0.2, -0.15) is 0 Å². The number of rotatable bonds is 0. The predicted molar refractivity (Wildman–Crippen MR) is 75.6 cm³/mol. The summed E-state index contributed by atoms with van der Waals surface area (Å²) in [6, 6.07) is 7.02. The predicted octanol–water partition coefficient (Wildman–Crippen LogP) is 3.89. The van der Waals surface area contributed by atoms with Crippen LogP contribution in [0.25, 0.3) is 0 Å². The molecule has 3 nitrogen and oxygen atoms in total. The third-order valence-electron chi connectivity index (χ3n) is 4.59. The average Bonchev–Trinajstić information content (AvgIpc) is 2.98. The quantitative estimate of drug-likeness (QED) is 0.725. The van der Waals surface area contributed by atoms with E-state index >= 15 is 0 Å². The molecule has 0 amide bonds. The zero-order valence-corrected chi connectivity index (χ0v) is 12.2. The van der Waals surface area contributed by atoms with Crippen LogP contribution in [-0.2, 0) is 0 Å². The SMILES string of the molecule is CN1CCC2CCCC[C@@H]21.FC1(F)Oc2ccccc2O1. The third kappa shape index (κ3) is 3.28. The second-order valence-corrected chi connectivity index (χ2v) is 6.00. The maximum atomic E-state index is 12.3. The van der Waals surface area contributed by atoms with Crippen LogP contribution in [0.5, 0.6) is 11.5 Å². The zero-order chi connectivity index (χ0) is 14.9. The number of para-hydroxylation sites is 2. The van der Waals surface area contributed by atoms with Crippen molar-refractivity contribution < 1.29 is 18.3 Å². The monoisotopic (exact) mass is 297 g/mol. The molecule has 4 rings (SSSR count). The lowest BCUT2D eigenvalue weighted by Gasteiger charge is -2.28. The number of alkyl halides is 2. The Bertz CT molecular complexity index is 466. The van der Waals surface area contributed by atoms with Gasteiger partial charge in [-0.25, -0.2) is 0 Å². The third-order valence-corrected chi connectivity index (χ3v) is 4.59. The molecule has 2 aliphatic heterocycles. The number of hydrogen-bond acceptors (Lipinski definition) is 3. The Morgan fingerprint density at radius 2 is 1.67 bits per heavy atom. The number of nitrogens with zero attached hydrogens (tertiary/aromatic N) is 1. The average molecular weight is 297 g/mol. The smallest absolute Gasteiger partial charge is 0.395 e. The van der Waals surface area contributed by atoms with Gasteiger partial charge in [0.1, 0.15) is 0 Å². The first-order valence-electron chi connectivity index (χ1n) is 7.60. The minimum atomic E-state index is -3.50. The number of likely N-dealkylation sites (tertiary alicyclic amines) is 1. The van der Waals surface area contributed by atoms with E-state index in [9.17, 15) is 8.78 Å². The summed E-state index contributed by atoms with van der Waals surface area (Å²) in [6.45, 7) is 1.36. The fourth-order valence-corrected chi connectivity index (χ4v) is 3.54. The van der Waals surface area contributed by atoms with Crippen LogP contribution >= 0.6 is 0 Å². The molecule has 3 aliphatic rings. The van der Waals surface area contributed by atoms with Gasteiger partial charge in [0.15, 0.2) is 11.5 Å². The number of hydrogen-bond donors (Lipinski definition) is 0. The molecule has 1 aromatic rings. The van der Waals surface area contributed by atoms with E-state index in [1.165, 1.54) is 50.8 Å². The van der Waals surface area contributed by atoms with Crippen LogP contribution in [0, 0.1) is 5.92 Å². The highest BCUT2D eigenvalue weighted by Crippen LogP contribution is 2.40. The first-order chi connectivity index (χ1) is 10.1. The van der Waals surface area contributed by atoms with Crippen LogP contribution in [0.4, 0.5) is 8.78 Å². The molecule has 0 N–H and O–H groups in total. The molecule has 0 radical (unpaired) electrons. The minimum absolute atomic E-state index is 0.0810. The normalized spacial score (nSPS) is 29.5. The molecule has 2 heterocycles. The van der Waals surface area contributed by atoms with Gasteiger partial charge in [-0.05, 0) is 50.9 Å². The van der Waals surface area contributed by atoms with Crippen molar-refractivity contribution >= 4 is 0 Å². The lowest BCUT2D eigenvalue weighted by Crippen LogP contribution is -2.31. The first-order valence-corrected chi connectivity index (χ1v) is 7.60. The summed E-state index contributed by atoms with van der Waals surface area (Å²) in [5.41, 5.74) is 0. The maximum absolute atomic E-state index is 12.3. The molecule has 5 heteroatoms. The highest BCUT2D eigenvalue weighted by molar-refractivity contribution is 5.41. The molecule has 2 fully saturated rings. The van der Waals surface area contributed by atoms with E-state index < -0.39 is 6.29 Å². The van der Waals surface area contributed by atoms with Gasteiger partial charge in [-0.3, -0.25) is 0 Å². The van der Waals surface area contributed by atoms with Gasteiger partial charge in [-0.1, -0.05) is 25.0 Å². The Labute approximate surface area is 123 Å². The molecule has 1 unspecified atom stereocenters. The Morgan fingerprint density at radius 3 is 2.29 bits per heavy atom. The molecule has 1 saturated carbocycles. The van der Waals surface area contributed by atoms with E-state index in [0.29, 0.717) is 0 Å². The molecule has 1 saturated heterocycles. The topological polar surface area (TPSA) is 21.7 Å². The van der Waals surface area contributed by atoms with E-state index in [0.717, 1.165) is 12.0 Å². The first kappa shape index (κ1) is 14.6. The lowest BCUT2D eigenvalue weighted by atomic mass is 9.85. The molecule has 116 valence electrons. The van der Waals surface area contributed by atoms with Gasteiger partial charge in [0, 0.05) is 6.04 Å². The second-order valence-electron chi connectivity index (χ2n) is 6.00. The summed E-state index contributed by atoms with van der Waals surface area (Å²) < 4.78 is 32.9. The molecule has 1 aliphatic carbocycles.